The summed E-state index contributed by atoms with van der Waals surface area (Å²) in [6.07, 6.45) is 3.51. The summed E-state index contributed by atoms with van der Waals surface area (Å²) in [5.74, 6) is 2.55. The third-order valence-electron chi connectivity index (χ3n) is 6.05. The van der Waals surface area contributed by atoms with Crippen LogP contribution in [0.4, 0.5) is 11.8 Å². The topological polar surface area (TPSA) is 79.8 Å². The number of hydrogen-bond acceptors (Lipinski definition) is 7. The van der Waals surface area contributed by atoms with E-state index in [1.54, 1.807) is 26.4 Å². The van der Waals surface area contributed by atoms with Gasteiger partial charge in [-0.1, -0.05) is 31.4 Å². The lowest BCUT2D eigenvalue weighted by molar-refractivity contribution is 0.0746. The van der Waals surface area contributed by atoms with Crippen molar-refractivity contribution in [2.75, 3.05) is 57.7 Å². The van der Waals surface area contributed by atoms with Gasteiger partial charge in [0.2, 0.25) is 5.95 Å². The maximum absolute atomic E-state index is 13.1. The molecular formula is C26H29N5O3. The van der Waals surface area contributed by atoms with E-state index < -0.39 is 0 Å². The number of piperazine rings is 1. The minimum atomic E-state index is 0.00513. The Bertz CT molecular complexity index is 1250. The molecule has 34 heavy (non-hydrogen) atoms. The molecule has 1 amide bonds. The summed E-state index contributed by atoms with van der Waals surface area (Å²) < 4.78 is 10.9. The van der Waals surface area contributed by atoms with E-state index >= 15 is 0 Å². The van der Waals surface area contributed by atoms with Crippen molar-refractivity contribution in [3.05, 3.63) is 60.2 Å². The number of fused-ring (bicyclic) bond motifs is 1. The van der Waals surface area contributed by atoms with E-state index in [1.807, 2.05) is 42.3 Å². The van der Waals surface area contributed by atoms with Crippen molar-refractivity contribution in [3.63, 3.8) is 0 Å². The molecule has 0 bridgehead atoms. The summed E-state index contributed by atoms with van der Waals surface area (Å²) in [6.45, 7) is 10.1. The molecule has 8 heteroatoms. The molecule has 0 radical (unpaired) electrons. The highest BCUT2D eigenvalue weighted by atomic mass is 16.5. The number of rotatable bonds is 7. The first-order valence-electron chi connectivity index (χ1n) is 11.1. The number of amides is 1. The normalized spacial score (nSPS) is 13.5. The Morgan fingerprint density at radius 1 is 0.971 bits per heavy atom. The largest absolute Gasteiger partial charge is 0.493 e. The Morgan fingerprint density at radius 3 is 2.26 bits per heavy atom. The van der Waals surface area contributed by atoms with Crippen molar-refractivity contribution >= 4 is 40.7 Å². The van der Waals surface area contributed by atoms with Gasteiger partial charge in [0.25, 0.3) is 5.91 Å². The van der Waals surface area contributed by atoms with E-state index in [9.17, 15) is 4.79 Å². The molecule has 0 aliphatic carbocycles. The van der Waals surface area contributed by atoms with E-state index in [4.69, 9.17) is 19.4 Å². The van der Waals surface area contributed by atoms with Crippen LogP contribution in [-0.4, -0.2) is 68.2 Å². The van der Waals surface area contributed by atoms with Crippen LogP contribution in [0.25, 0.3) is 23.1 Å². The van der Waals surface area contributed by atoms with Gasteiger partial charge in [-0.25, -0.2) is 4.98 Å². The predicted molar refractivity (Wildman–Crippen MR) is 137 cm³/mol. The van der Waals surface area contributed by atoms with E-state index in [2.05, 4.69) is 23.4 Å². The zero-order valence-corrected chi connectivity index (χ0v) is 19.8. The second-order valence-electron chi connectivity index (χ2n) is 7.88. The molecule has 1 aliphatic rings. The molecule has 1 fully saturated rings. The van der Waals surface area contributed by atoms with Gasteiger partial charge in [-0.3, -0.25) is 4.79 Å². The van der Waals surface area contributed by atoms with Crippen LogP contribution < -0.4 is 19.7 Å². The molecule has 1 saturated heterocycles. The summed E-state index contributed by atoms with van der Waals surface area (Å²) in [4.78, 5) is 26.6. The number of carbonyl (C=O) groups excluding carboxylic acids is 1. The number of benzene rings is 2. The van der Waals surface area contributed by atoms with Gasteiger partial charge in [0.15, 0.2) is 11.5 Å². The molecule has 176 valence electrons. The van der Waals surface area contributed by atoms with Crippen LogP contribution in [0, 0.1) is 0 Å². The lowest BCUT2D eigenvalue weighted by Gasteiger charge is -2.35. The lowest BCUT2D eigenvalue weighted by atomic mass is 10.0. The monoisotopic (exact) mass is 459 g/mol. The van der Waals surface area contributed by atoms with Crippen LogP contribution in [0.1, 0.15) is 21.5 Å². The van der Waals surface area contributed by atoms with E-state index in [1.165, 1.54) is 0 Å². The molecule has 0 unspecified atom stereocenters. The average molecular weight is 460 g/mol. The quantitative estimate of drug-likeness (QED) is 0.573. The average Bonchev–Trinajstić information content (AvgIpc) is 2.90. The molecule has 0 spiro atoms. The minimum absolute atomic E-state index is 0.00513. The SMILES string of the molecule is C=Cc1ccc(C(=O)N2CCN(c3nc(NC)c4cc(OC)c(OC)cc4n3)CC2)cc1C=C. The second-order valence-corrected chi connectivity index (χ2v) is 7.88. The fourth-order valence-electron chi connectivity index (χ4n) is 4.14. The molecule has 0 saturated carbocycles. The van der Waals surface area contributed by atoms with Crippen LogP contribution in [0.5, 0.6) is 11.5 Å². The zero-order chi connectivity index (χ0) is 24.2. The van der Waals surface area contributed by atoms with Crippen molar-refractivity contribution in [1.82, 2.24) is 14.9 Å². The van der Waals surface area contributed by atoms with Crippen LogP contribution in [0.2, 0.25) is 0 Å². The zero-order valence-electron chi connectivity index (χ0n) is 19.8. The molecular weight excluding hydrogens is 430 g/mol. The molecule has 2 aromatic carbocycles. The van der Waals surface area contributed by atoms with Crippen LogP contribution in [-0.2, 0) is 0 Å². The van der Waals surface area contributed by atoms with Crippen LogP contribution in [0.15, 0.2) is 43.5 Å². The summed E-state index contributed by atoms with van der Waals surface area (Å²) in [5, 5.41) is 4.00. The van der Waals surface area contributed by atoms with Gasteiger partial charge in [-0.2, -0.15) is 4.98 Å². The van der Waals surface area contributed by atoms with Crippen LogP contribution >= 0.6 is 0 Å². The van der Waals surface area contributed by atoms with Gasteiger partial charge in [-0.05, 0) is 29.3 Å². The predicted octanol–water partition coefficient (Wildman–Crippen LogP) is 3.94. The summed E-state index contributed by atoms with van der Waals surface area (Å²) >= 11 is 0. The van der Waals surface area contributed by atoms with E-state index in [0.29, 0.717) is 55.0 Å². The third kappa shape index (κ3) is 4.26. The number of anilines is 2. The van der Waals surface area contributed by atoms with Gasteiger partial charge >= 0.3 is 0 Å². The lowest BCUT2D eigenvalue weighted by Crippen LogP contribution is -2.49. The number of hydrogen-bond donors (Lipinski definition) is 1. The summed E-state index contributed by atoms with van der Waals surface area (Å²) in [6, 6.07) is 9.33. The van der Waals surface area contributed by atoms with E-state index in [0.717, 1.165) is 22.0 Å². The minimum Gasteiger partial charge on any atom is -0.493 e. The number of nitrogens with one attached hydrogen (secondary N) is 1. The number of methoxy groups -OCH3 is 2. The van der Waals surface area contributed by atoms with Gasteiger partial charge in [0.1, 0.15) is 5.82 Å². The second kappa shape index (κ2) is 9.82. The molecule has 1 aromatic heterocycles. The van der Waals surface area contributed by atoms with Gasteiger partial charge < -0.3 is 24.6 Å². The standard InChI is InChI=1S/C26H29N5O3/c1-6-17-8-9-19(14-18(17)7-2)25(32)30-10-12-31(13-11-30)26-28-21-16-23(34-5)22(33-4)15-20(21)24(27-3)29-26/h6-9,14-16H,1-2,10-13H2,3-5H3,(H,27,28,29). The maximum atomic E-state index is 13.1. The Kier molecular flexibility index (Phi) is 6.67. The molecule has 4 rings (SSSR count). The molecule has 1 N–H and O–H groups in total. The number of nitrogens with zero attached hydrogens (tertiary/aromatic N) is 4. The molecule has 2 heterocycles. The fourth-order valence-corrected chi connectivity index (χ4v) is 4.14. The van der Waals surface area contributed by atoms with Crippen molar-refractivity contribution in [1.29, 1.82) is 0 Å². The first-order chi connectivity index (χ1) is 16.5. The maximum Gasteiger partial charge on any atom is 0.253 e. The van der Waals surface area contributed by atoms with Gasteiger partial charge in [0, 0.05) is 50.2 Å². The van der Waals surface area contributed by atoms with Crippen molar-refractivity contribution < 1.29 is 14.3 Å². The van der Waals surface area contributed by atoms with Gasteiger partial charge in [0.05, 0.1) is 19.7 Å². The molecule has 3 aromatic rings. The molecule has 8 nitrogen and oxygen atoms in total. The Morgan fingerprint density at radius 2 is 1.65 bits per heavy atom. The van der Waals surface area contributed by atoms with Gasteiger partial charge in [-0.15, -0.1) is 0 Å². The highest BCUT2D eigenvalue weighted by Gasteiger charge is 2.25. The number of aromatic nitrogens is 2. The Hall–Kier alpha value is -4.07. The van der Waals surface area contributed by atoms with Crippen molar-refractivity contribution in [2.45, 2.75) is 0 Å². The number of ether oxygens (including phenoxy) is 2. The first-order valence-corrected chi connectivity index (χ1v) is 11.1. The summed E-state index contributed by atoms with van der Waals surface area (Å²) in [5.41, 5.74) is 3.26. The highest BCUT2D eigenvalue weighted by molar-refractivity contribution is 5.95. The van der Waals surface area contributed by atoms with Crippen molar-refractivity contribution in [2.24, 2.45) is 0 Å². The summed E-state index contributed by atoms with van der Waals surface area (Å²) in [7, 11) is 5.03. The van der Waals surface area contributed by atoms with E-state index in [-0.39, 0.29) is 5.91 Å². The fraction of sp³-hybridized carbons (Fsp3) is 0.269. The molecule has 1 aliphatic heterocycles. The molecule has 0 atom stereocenters. The third-order valence-corrected chi connectivity index (χ3v) is 6.05. The van der Waals surface area contributed by atoms with Crippen molar-refractivity contribution in [3.8, 4) is 11.5 Å². The highest BCUT2D eigenvalue weighted by Crippen LogP contribution is 2.35. The first kappa shape index (κ1) is 23.1. The number of carbonyl (C=O) groups is 1. The Labute approximate surface area is 199 Å². The Balaban J connectivity index is 1.54. The van der Waals surface area contributed by atoms with Crippen LogP contribution in [0.3, 0.4) is 0 Å². The smallest absolute Gasteiger partial charge is 0.253 e.